The molecule has 0 bridgehead atoms. The van der Waals surface area contributed by atoms with Crippen LogP contribution in [0.25, 0.3) is 11.3 Å². The Balaban J connectivity index is 1.47. The summed E-state index contributed by atoms with van der Waals surface area (Å²) in [7, 11) is -4.18. The van der Waals surface area contributed by atoms with Crippen molar-refractivity contribution in [3.05, 3.63) is 66.2 Å². The Kier molecular flexibility index (Phi) is 6.13. The molecule has 1 fully saturated rings. The number of nitrogens with zero attached hydrogens (tertiary/aromatic N) is 3. The Morgan fingerprint density at radius 3 is 2.16 bits per heavy atom. The fourth-order valence-corrected chi connectivity index (χ4v) is 4.68. The average molecular weight is 445 g/mol. The summed E-state index contributed by atoms with van der Waals surface area (Å²) in [6.07, 6.45) is 4.79. The van der Waals surface area contributed by atoms with E-state index in [1.165, 1.54) is 12.8 Å². The van der Waals surface area contributed by atoms with Gasteiger partial charge in [0.05, 0.1) is 5.69 Å². The van der Waals surface area contributed by atoms with Crippen molar-refractivity contribution in [2.24, 2.45) is 0 Å². The molecule has 2 aromatic carbocycles. The van der Waals surface area contributed by atoms with Crippen LogP contribution in [0.5, 0.6) is 0 Å². The summed E-state index contributed by atoms with van der Waals surface area (Å²) in [6, 6.07) is 12.7. The van der Waals surface area contributed by atoms with Crippen LogP contribution in [0.3, 0.4) is 0 Å². The summed E-state index contributed by atoms with van der Waals surface area (Å²) in [6.45, 7) is 1.97. The number of sulfonamides is 1. The molecule has 9 heteroatoms. The van der Waals surface area contributed by atoms with Crippen LogP contribution in [-0.4, -0.2) is 31.7 Å². The van der Waals surface area contributed by atoms with Gasteiger partial charge in [-0.1, -0.05) is 25.0 Å². The van der Waals surface area contributed by atoms with Gasteiger partial charge in [0, 0.05) is 30.4 Å². The summed E-state index contributed by atoms with van der Waals surface area (Å²) < 4.78 is 54.0. The fourth-order valence-electron chi connectivity index (χ4n) is 3.56. The van der Waals surface area contributed by atoms with Gasteiger partial charge in [0.15, 0.2) is 5.82 Å². The van der Waals surface area contributed by atoms with E-state index in [2.05, 4.69) is 19.8 Å². The number of benzene rings is 2. The topological polar surface area (TPSA) is 75.2 Å². The third-order valence-corrected chi connectivity index (χ3v) is 6.61. The van der Waals surface area contributed by atoms with Crippen LogP contribution >= 0.6 is 0 Å². The largest absolute Gasteiger partial charge is 0.355 e. The molecule has 0 saturated carbocycles. The summed E-state index contributed by atoms with van der Waals surface area (Å²) in [5.41, 5.74) is 1.69. The second kappa shape index (κ2) is 8.97. The number of anilines is 2. The lowest BCUT2D eigenvalue weighted by Crippen LogP contribution is -2.25. The second-order valence-electron chi connectivity index (χ2n) is 7.44. The van der Waals surface area contributed by atoms with Gasteiger partial charge in [0.2, 0.25) is 0 Å². The predicted molar refractivity (Wildman–Crippen MR) is 115 cm³/mol. The smallest absolute Gasteiger partial charge is 0.264 e. The molecule has 162 valence electrons. The van der Waals surface area contributed by atoms with E-state index in [1.54, 1.807) is 24.3 Å². The quantitative estimate of drug-likeness (QED) is 0.622. The molecular formula is C22H22F2N4O2S. The molecule has 6 nitrogen and oxygen atoms in total. The van der Waals surface area contributed by atoms with Gasteiger partial charge in [-0.25, -0.2) is 17.2 Å². The van der Waals surface area contributed by atoms with Crippen LogP contribution in [0.1, 0.15) is 25.7 Å². The zero-order chi connectivity index (χ0) is 21.8. The van der Waals surface area contributed by atoms with Crippen molar-refractivity contribution in [1.82, 2.24) is 10.2 Å². The molecule has 4 rings (SSSR count). The maximum Gasteiger partial charge on any atom is 0.264 e. The lowest BCUT2D eigenvalue weighted by molar-refractivity contribution is 0.551. The summed E-state index contributed by atoms with van der Waals surface area (Å²) >= 11 is 0. The SMILES string of the molecule is O=S(=O)(Nc1ccc(-c2ccc(N3CCCCCC3)nn2)cc1)c1ccc(F)cc1F. The number of aromatic nitrogens is 2. The Bertz CT molecular complexity index is 1150. The molecule has 1 aliphatic rings. The minimum atomic E-state index is -4.18. The Morgan fingerprint density at radius 1 is 0.839 bits per heavy atom. The maximum absolute atomic E-state index is 13.8. The average Bonchev–Trinajstić information content (AvgIpc) is 3.03. The molecule has 0 unspecified atom stereocenters. The summed E-state index contributed by atoms with van der Waals surface area (Å²) in [5.74, 6) is -1.14. The highest BCUT2D eigenvalue weighted by Gasteiger charge is 2.20. The molecule has 3 aromatic rings. The van der Waals surface area contributed by atoms with E-state index in [-0.39, 0.29) is 5.69 Å². The zero-order valence-electron chi connectivity index (χ0n) is 16.8. The standard InChI is InChI=1S/C22H22F2N4O2S/c23-17-7-11-21(19(24)15-17)31(29,30)27-18-8-5-16(6-9-18)20-10-12-22(26-25-20)28-13-3-1-2-4-14-28/h5-12,15,27H,1-4,13-14H2. The van der Waals surface area contributed by atoms with E-state index in [0.717, 1.165) is 49.4 Å². The lowest BCUT2D eigenvalue weighted by atomic mass is 10.1. The van der Waals surface area contributed by atoms with Crippen LogP contribution in [0.2, 0.25) is 0 Å². The Hall–Kier alpha value is -3.07. The van der Waals surface area contributed by atoms with Crippen LogP contribution < -0.4 is 9.62 Å². The molecule has 1 saturated heterocycles. The molecule has 0 radical (unpaired) electrons. The first-order valence-electron chi connectivity index (χ1n) is 10.1. The van der Waals surface area contributed by atoms with Gasteiger partial charge >= 0.3 is 0 Å². The third-order valence-electron chi connectivity index (χ3n) is 5.20. The molecule has 0 atom stereocenters. The van der Waals surface area contributed by atoms with E-state index in [9.17, 15) is 17.2 Å². The maximum atomic E-state index is 13.8. The van der Waals surface area contributed by atoms with E-state index in [0.29, 0.717) is 11.8 Å². The van der Waals surface area contributed by atoms with Crippen molar-refractivity contribution in [3.63, 3.8) is 0 Å². The van der Waals surface area contributed by atoms with Crippen molar-refractivity contribution < 1.29 is 17.2 Å². The molecule has 0 spiro atoms. The number of rotatable bonds is 5. The van der Waals surface area contributed by atoms with Crippen molar-refractivity contribution in [2.75, 3.05) is 22.7 Å². The van der Waals surface area contributed by atoms with Gasteiger partial charge in [-0.3, -0.25) is 4.72 Å². The molecular weight excluding hydrogens is 422 g/mol. The second-order valence-corrected chi connectivity index (χ2v) is 9.09. The van der Waals surface area contributed by atoms with Gasteiger partial charge in [-0.15, -0.1) is 10.2 Å². The molecule has 31 heavy (non-hydrogen) atoms. The van der Waals surface area contributed by atoms with Crippen LogP contribution in [0, 0.1) is 11.6 Å². The predicted octanol–water partition coefficient (Wildman–Crippen LogP) is 4.60. The van der Waals surface area contributed by atoms with Gasteiger partial charge in [-0.2, -0.15) is 0 Å². The first-order valence-corrected chi connectivity index (χ1v) is 11.6. The fraction of sp³-hybridized carbons (Fsp3) is 0.273. The first-order chi connectivity index (χ1) is 14.9. The third kappa shape index (κ3) is 4.99. The molecule has 0 amide bonds. The summed E-state index contributed by atoms with van der Waals surface area (Å²) in [4.78, 5) is 1.63. The van der Waals surface area contributed by atoms with Crippen molar-refractivity contribution in [1.29, 1.82) is 0 Å². The van der Waals surface area contributed by atoms with Crippen LogP contribution in [0.4, 0.5) is 20.3 Å². The minimum Gasteiger partial charge on any atom is -0.355 e. The van der Waals surface area contributed by atoms with Gasteiger partial charge in [0.25, 0.3) is 10.0 Å². The van der Waals surface area contributed by atoms with E-state index in [4.69, 9.17) is 0 Å². The highest BCUT2D eigenvalue weighted by molar-refractivity contribution is 7.92. The minimum absolute atomic E-state index is 0.252. The zero-order valence-corrected chi connectivity index (χ0v) is 17.6. The highest BCUT2D eigenvalue weighted by atomic mass is 32.2. The Morgan fingerprint density at radius 2 is 1.55 bits per heavy atom. The molecule has 1 aromatic heterocycles. The molecule has 1 aliphatic heterocycles. The number of hydrogen-bond acceptors (Lipinski definition) is 5. The van der Waals surface area contributed by atoms with Gasteiger partial charge in [-0.05, 0) is 49.2 Å². The first kappa shape index (κ1) is 21.2. The lowest BCUT2D eigenvalue weighted by Gasteiger charge is -2.20. The van der Waals surface area contributed by atoms with E-state index < -0.39 is 26.6 Å². The van der Waals surface area contributed by atoms with Crippen LogP contribution in [0.15, 0.2) is 59.5 Å². The number of nitrogens with one attached hydrogen (secondary N) is 1. The molecule has 1 N–H and O–H groups in total. The van der Waals surface area contributed by atoms with Crippen LogP contribution in [-0.2, 0) is 10.0 Å². The van der Waals surface area contributed by atoms with Crippen molar-refractivity contribution in [2.45, 2.75) is 30.6 Å². The van der Waals surface area contributed by atoms with E-state index in [1.807, 2.05) is 12.1 Å². The normalized spacial score (nSPS) is 14.8. The van der Waals surface area contributed by atoms with Gasteiger partial charge in [0.1, 0.15) is 16.5 Å². The Labute approximate surface area is 180 Å². The monoisotopic (exact) mass is 444 g/mol. The van der Waals surface area contributed by atoms with E-state index >= 15 is 0 Å². The van der Waals surface area contributed by atoms with Crippen molar-refractivity contribution >= 4 is 21.5 Å². The highest BCUT2D eigenvalue weighted by Crippen LogP contribution is 2.24. The number of hydrogen-bond donors (Lipinski definition) is 1. The van der Waals surface area contributed by atoms with Crippen molar-refractivity contribution in [3.8, 4) is 11.3 Å². The van der Waals surface area contributed by atoms with Gasteiger partial charge < -0.3 is 4.90 Å². The summed E-state index contributed by atoms with van der Waals surface area (Å²) in [5, 5.41) is 8.66. The number of halogens is 2. The molecule has 0 aliphatic carbocycles. The molecule has 2 heterocycles.